The Labute approximate surface area is 155 Å². The molecule has 0 aliphatic heterocycles. The van der Waals surface area contributed by atoms with Gasteiger partial charge < -0.3 is 23.3 Å². The second-order valence-corrected chi connectivity index (χ2v) is 7.19. The number of rotatable bonds is 6. The Morgan fingerprint density at radius 2 is 1.00 bits per heavy atom. The van der Waals surface area contributed by atoms with Crippen LogP contribution in [0.25, 0.3) is 0 Å². The van der Waals surface area contributed by atoms with E-state index in [0.29, 0.717) is 13.2 Å². The summed E-state index contributed by atoms with van der Waals surface area (Å²) >= 11 is 0. The molecule has 23 heavy (non-hydrogen) atoms. The van der Waals surface area contributed by atoms with Gasteiger partial charge in [-0.05, 0) is 54.4 Å². The van der Waals surface area contributed by atoms with Crippen molar-refractivity contribution in [3.05, 3.63) is 13.8 Å². The standard InChI is InChI=1S/2C9H17O2.Zn/c2*1-5-6-7-11-8(10)9(2,3)4;/h2*1,5-7H2,2-4H3;/q2*-1;+2. The molecular formula is C18H34O4Zn. The van der Waals surface area contributed by atoms with Crippen LogP contribution in [0.15, 0.2) is 0 Å². The van der Waals surface area contributed by atoms with Crippen LogP contribution in [-0.4, -0.2) is 25.2 Å². The topological polar surface area (TPSA) is 52.6 Å². The maximum Gasteiger partial charge on any atom is 2.00 e. The Morgan fingerprint density at radius 3 is 1.17 bits per heavy atom. The van der Waals surface area contributed by atoms with Gasteiger partial charge >= 0.3 is 31.4 Å². The summed E-state index contributed by atoms with van der Waals surface area (Å²) in [6.45, 7) is 19.4. The fourth-order valence-corrected chi connectivity index (χ4v) is 0.967. The molecule has 0 aromatic carbocycles. The van der Waals surface area contributed by atoms with E-state index in [2.05, 4.69) is 13.8 Å². The van der Waals surface area contributed by atoms with Crippen LogP contribution in [-0.2, 0) is 38.5 Å². The molecule has 0 unspecified atom stereocenters. The number of ether oxygens (including phenoxy) is 2. The van der Waals surface area contributed by atoms with Crippen molar-refractivity contribution in [2.75, 3.05) is 13.2 Å². The molecule has 0 fully saturated rings. The second-order valence-electron chi connectivity index (χ2n) is 7.19. The molecule has 4 nitrogen and oxygen atoms in total. The van der Waals surface area contributed by atoms with Gasteiger partial charge in [0.15, 0.2) is 0 Å². The molecule has 0 aliphatic rings. The van der Waals surface area contributed by atoms with Gasteiger partial charge in [0.25, 0.3) is 0 Å². The molecule has 0 saturated heterocycles. The number of hydrogen-bond acceptors (Lipinski definition) is 4. The van der Waals surface area contributed by atoms with Crippen molar-refractivity contribution in [1.82, 2.24) is 0 Å². The minimum Gasteiger partial charge on any atom is -0.465 e. The van der Waals surface area contributed by atoms with Crippen LogP contribution in [0.3, 0.4) is 0 Å². The van der Waals surface area contributed by atoms with Crippen LogP contribution in [0.5, 0.6) is 0 Å². The zero-order valence-electron chi connectivity index (χ0n) is 16.0. The summed E-state index contributed by atoms with van der Waals surface area (Å²) in [6.07, 6.45) is 3.33. The van der Waals surface area contributed by atoms with E-state index in [9.17, 15) is 9.59 Å². The van der Waals surface area contributed by atoms with Crippen molar-refractivity contribution in [2.24, 2.45) is 10.8 Å². The van der Waals surface area contributed by atoms with Crippen molar-refractivity contribution in [2.45, 2.75) is 67.2 Å². The van der Waals surface area contributed by atoms with Crippen molar-refractivity contribution in [1.29, 1.82) is 0 Å². The Hall–Kier alpha value is -0.437. The van der Waals surface area contributed by atoms with Crippen molar-refractivity contribution < 1.29 is 38.5 Å². The minimum atomic E-state index is -0.374. The minimum absolute atomic E-state index is 0. The van der Waals surface area contributed by atoms with Crippen molar-refractivity contribution in [3.63, 3.8) is 0 Å². The summed E-state index contributed by atoms with van der Waals surface area (Å²) in [5.74, 6) is -0.267. The molecule has 0 aromatic heterocycles. The number of carbonyl (C=O) groups is 2. The first kappa shape index (κ1) is 27.4. The number of unbranched alkanes of at least 4 members (excludes halogenated alkanes) is 2. The smallest absolute Gasteiger partial charge is 0.465 e. The van der Waals surface area contributed by atoms with Gasteiger partial charge in [-0.3, -0.25) is 9.59 Å². The Bertz CT molecular complexity index is 282. The largest absolute Gasteiger partial charge is 2.00 e. The van der Waals surface area contributed by atoms with E-state index in [1.54, 1.807) is 0 Å². The van der Waals surface area contributed by atoms with Crippen LogP contribution in [0.4, 0.5) is 0 Å². The average molecular weight is 380 g/mol. The third-order valence-electron chi connectivity index (χ3n) is 2.48. The zero-order chi connectivity index (χ0) is 17.8. The van der Waals surface area contributed by atoms with Gasteiger partial charge in [-0.2, -0.15) is 12.8 Å². The average Bonchev–Trinajstić information content (AvgIpc) is 2.37. The quantitative estimate of drug-likeness (QED) is 0.297. The molecular weight excluding hydrogens is 346 g/mol. The molecule has 0 rings (SSSR count). The van der Waals surface area contributed by atoms with Gasteiger partial charge in [-0.15, -0.1) is 0 Å². The number of hydrogen-bond donors (Lipinski definition) is 0. The van der Waals surface area contributed by atoms with Gasteiger partial charge in [-0.1, -0.05) is 0 Å². The van der Waals surface area contributed by atoms with Crippen LogP contribution < -0.4 is 0 Å². The number of carbonyl (C=O) groups excluding carboxylic acids is 2. The van der Waals surface area contributed by atoms with Gasteiger partial charge in [0, 0.05) is 0 Å². The molecule has 0 N–H and O–H groups in total. The maximum atomic E-state index is 11.1. The first-order valence-corrected chi connectivity index (χ1v) is 7.89. The molecule has 0 heterocycles. The molecule has 0 saturated carbocycles. The van der Waals surface area contributed by atoms with Gasteiger partial charge in [0.2, 0.25) is 0 Å². The Balaban J connectivity index is -0.000000333. The molecule has 0 bridgehead atoms. The first-order valence-electron chi connectivity index (χ1n) is 7.89. The summed E-state index contributed by atoms with van der Waals surface area (Å²) in [7, 11) is 0. The summed E-state index contributed by atoms with van der Waals surface area (Å²) in [4.78, 5) is 22.2. The predicted octanol–water partition coefficient (Wildman–Crippen LogP) is 4.38. The van der Waals surface area contributed by atoms with E-state index in [1.807, 2.05) is 41.5 Å². The van der Waals surface area contributed by atoms with Crippen molar-refractivity contribution in [3.8, 4) is 0 Å². The van der Waals surface area contributed by atoms with E-state index in [0.717, 1.165) is 25.7 Å². The summed E-state index contributed by atoms with van der Waals surface area (Å²) < 4.78 is 9.94. The van der Waals surface area contributed by atoms with E-state index in [4.69, 9.17) is 9.47 Å². The molecule has 0 spiro atoms. The van der Waals surface area contributed by atoms with E-state index < -0.39 is 0 Å². The van der Waals surface area contributed by atoms with Crippen LogP contribution >= 0.6 is 0 Å². The van der Waals surface area contributed by atoms with Crippen molar-refractivity contribution >= 4 is 11.9 Å². The molecule has 0 aliphatic carbocycles. The molecule has 132 valence electrons. The van der Waals surface area contributed by atoms with E-state index in [1.165, 1.54) is 0 Å². The predicted molar refractivity (Wildman–Crippen MR) is 90.0 cm³/mol. The molecule has 0 radical (unpaired) electrons. The van der Waals surface area contributed by atoms with Gasteiger partial charge in [0.05, 0.1) is 24.0 Å². The first-order chi connectivity index (χ1) is 9.96. The summed E-state index contributed by atoms with van der Waals surface area (Å²) in [5.41, 5.74) is -0.748. The molecule has 5 heteroatoms. The Kier molecular flexibility index (Phi) is 16.6. The van der Waals surface area contributed by atoms with Gasteiger partial charge in [-0.25, -0.2) is 0 Å². The van der Waals surface area contributed by atoms with Gasteiger partial charge in [0.1, 0.15) is 0 Å². The monoisotopic (exact) mass is 378 g/mol. The molecule has 0 aromatic rings. The molecule has 0 amide bonds. The third-order valence-corrected chi connectivity index (χ3v) is 2.48. The zero-order valence-corrected chi connectivity index (χ0v) is 19.0. The molecule has 0 atom stereocenters. The summed E-state index contributed by atoms with van der Waals surface area (Å²) in [5, 5.41) is 0. The fraction of sp³-hybridized carbons (Fsp3) is 0.778. The van der Waals surface area contributed by atoms with Crippen LogP contribution in [0.2, 0.25) is 0 Å². The van der Waals surface area contributed by atoms with Crippen LogP contribution in [0, 0.1) is 24.7 Å². The SMILES string of the molecule is [CH2-]CCCOC(=O)C(C)(C)C.[CH2-]CCCOC(=O)C(C)(C)C.[Zn+2]. The van der Waals surface area contributed by atoms with Crippen LogP contribution in [0.1, 0.15) is 67.2 Å². The maximum absolute atomic E-state index is 11.1. The van der Waals surface area contributed by atoms with E-state index >= 15 is 0 Å². The second kappa shape index (κ2) is 14.0. The number of esters is 2. The fourth-order valence-electron chi connectivity index (χ4n) is 0.967. The summed E-state index contributed by atoms with van der Waals surface area (Å²) in [6, 6.07) is 0. The third kappa shape index (κ3) is 17.7. The normalized spacial score (nSPS) is 10.8. The van der Waals surface area contributed by atoms with E-state index in [-0.39, 0.29) is 42.2 Å². The Morgan fingerprint density at radius 1 is 0.739 bits per heavy atom.